The molecule has 3 rings (SSSR count). The summed E-state index contributed by atoms with van der Waals surface area (Å²) in [6, 6.07) is 14.8. The van der Waals surface area contributed by atoms with E-state index in [1.165, 1.54) is 16.7 Å². The molecule has 1 heterocycles. The van der Waals surface area contributed by atoms with Crippen LogP contribution < -0.4 is 0 Å². The van der Waals surface area contributed by atoms with E-state index < -0.39 is 0 Å². The van der Waals surface area contributed by atoms with Crippen molar-refractivity contribution >= 4 is 0 Å². The van der Waals surface area contributed by atoms with Gasteiger partial charge in [-0.25, -0.2) is 4.68 Å². The number of aliphatic hydroxyl groups excluding tert-OH is 1. The van der Waals surface area contributed by atoms with Crippen molar-refractivity contribution in [3.8, 4) is 16.8 Å². The van der Waals surface area contributed by atoms with Gasteiger partial charge >= 0.3 is 0 Å². The summed E-state index contributed by atoms with van der Waals surface area (Å²) < 4.78 is 1.95. The van der Waals surface area contributed by atoms with E-state index in [0.29, 0.717) is 5.92 Å². The lowest BCUT2D eigenvalue weighted by Gasteiger charge is -2.15. The van der Waals surface area contributed by atoms with Gasteiger partial charge in [0.15, 0.2) is 0 Å². The Kier molecular flexibility index (Phi) is 4.54. The van der Waals surface area contributed by atoms with Crippen molar-refractivity contribution in [2.24, 2.45) is 0 Å². The SMILES string of the molecule is Cc1ccn(-c2ccc(-c3ccc(CO)c(C)c3)cc2C(C)C)n1. The van der Waals surface area contributed by atoms with E-state index in [-0.39, 0.29) is 6.61 Å². The lowest BCUT2D eigenvalue weighted by molar-refractivity contribution is 0.281. The van der Waals surface area contributed by atoms with E-state index in [0.717, 1.165) is 22.5 Å². The molecule has 1 aromatic heterocycles. The predicted molar refractivity (Wildman–Crippen MR) is 98.5 cm³/mol. The molecule has 3 nitrogen and oxygen atoms in total. The van der Waals surface area contributed by atoms with Gasteiger partial charge in [0.05, 0.1) is 18.0 Å². The van der Waals surface area contributed by atoms with Crippen molar-refractivity contribution < 1.29 is 5.11 Å². The average molecular weight is 320 g/mol. The number of aromatic nitrogens is 2. The van der Waals surface area contributed by atoms with Crippen molar-refractivity contribution in [2.75, 3.05) is 0 Å². The molecule has 0 saturated heterocycles. The van der Waals surface area contributed by atoms with Crippen molar-refractivity contribution in [1.29, 1.82) is 0 Å². The van der Waals surface area contributed by atoms with E-state index >= 15 is 0 Å². The summed E-state index contributed by atoms with van der Waals surface area (Å²) in [6.45, 7) is 8.55. The maximum absolute atomic E-state index is 9.35. The molecule has 124 valence electrons. The van der Waals surface area contributed by atoms with Crippen molar-refractivity contribution in [2.45, 2.75) is 40.2 Å². The number of nitrogens with zero attached hydrogens (tertiary/aromatic N) is 2. The highest BCUT2D eigenvalue weighted by molar-refractivity contribution is 5.68. The highest BCUT2D eigenvalue weighted by Crippen LogP contribution is 2.30. The van der Waals surface area contributed by atoms with Crippen LogP contribution in [0.15, 0.2) is 48.7 Å². The predicted octanol–water partition coefficient (Wildman–Crippen LogP) is 4.77. The van der Waals surface area contributed by atoms with Gasteiger partial charge in [-0.05, 0) is 65.8 Å². The normalized spacial score (nSPS) is 11.2. The molecular formula is C21H24N2O. The van der Waals surface area contributed by atoms with E-state index in [4.69, 9.17) is 0 Å². The second-order valence-electron chi connectivity index (χ2n) is 6.63. The smallest absolute Gasteiger partial charge is 0.0684 e. The van der Waals surface area contributed by atoms with E-state index in [1.807, 2.05) is 36.9 Å². The highest BCUT2D eigenvalue weighted by Gasteiger charge is 2.12. The largest absolute Gasteiger partial charge is 0.392 e. The topological polar surface area (TPSA) is 38.0 Å². The molecule has 0 atom stereocenters. The molecule has 2 aromatic carbocycles. The summed E-state index contributed by atoms with van der Waals surface area (Å²) in [5.41, 5.74) is 7.89. The zero-order valence-corrected chi connectivity index (χ0v) is 14.7. The van der Waals surface area contributed by atoms with Crippen LogP contribution in [0.2, 0.25) is 0 Å². The molecule has 0 unspecified atom stereocenters. The number of aryl methyl sites for hydroxylation is 2. The molecule has 0 aliphatic rings. The zero-order chi connectivity index (χ0) is 17.3. The highest BCUT2D eigenvalue weighted by atomic mass is 16.3. The minimum Gasteiger partial charge on any atom is -0.392 e. The van der Waals surface area contributed by atoms with Gasteiger partial charge in [0, 0.05) is 6.20 Å². The third kappa shape index (κ3) is 3.13. The van der Waals surface area contributed by atoms with Crippen LogP contribution in [0, 0.1) is 13.8 Å². The number of benzene rings is 2. The van der Waals surface area contributed by atoms with Crippen molar-refractivity contribution in [3.63, 3.8) is 0 Å². The van der Waals surface area contributed by atoms with Gasteiger partial charge in [-0.15, -0.1) is 0 Å². The summed E-state index contributed by atoms with van der Waals surface area (Å²) >= 11 is 0. The van der Waals surface area contributed by atoms with Gasteiger partial charge in [-0.2, -0.15) is 5.10 Å². The maximum Gasteiger partial charge on any atom is 0.0684 e. The fourth-order valence-corrected chi connectivity index (χ4v) is 3.01. The van der Waals surface area contributed by atoms with Crippen LogP contribution in [0.1, 0.15) is 42.1 Å². The van der Waals surface area contributed by atoms with Gasteiger partial charge in [0.25, 0.3) is 0 Å². The van der Waals surface area contributed by atoms with Crippen LogP contribution in [0.25, 0.3) is 16.8 Å². The second-order valence-corrected chi connectivity index (χ2v) is 6.63. The maximum atomic E-state index is 9.35. The quantitative estimate of drug-likeness (QED) is 0.752. The first-order chi connectivity index (χ1) is 11.5. The van der Waals surface area contributed by atoms with E-state index in [1.54, 1.807) is 0 Å². The van der Waals surface area contributed by atoms with Crippen LogP contribution in [0.5, 0.6) is 0 Å². The number of hydrogen-bond acceptors (Lipinski definition) is 2. The molecule has 0 spiro atoms. The minimum atomic E-state index is 0.0843. The third-order valence-corrected chi connectivity index (χ3v) is 4.47. The van der Waals surface area contributed by atoms with Crippen LogP contribution >= 0.6 is 0 Å². The van der Waals surface area contributed by atoms with Gasteiger partial charge in [0.1, 0.15) is 0 Å². The van der Waals surface area contributed by atoms with E-state index in [9.17, 15) is 5.11 Å². The Morgan fingerprint density at radius 1 is 1.00 bits per heavy atom. The van der Waals surface area contributed by atoms with Crippen molar-refractivity contribution in [3.05, 3.63) is 71.0 Å². The van der Waals surface area contributed by atoms with Crippen LogP contribution in [-0.2, 0) is 6.61 Å². The van der Waals surface area contributed by atoms with E-state index in [2.05, 4.69) is 49.3 Å². The van der Waals surface area contributed by atoms with Gasteiger partial charge in [-0.1, -0.05) is 38.1 Å². The molecule has 1 N–H and O–H groups in total. The fourth-order valence-electron chi connectivity index (χ4n) is 3.01. The van der Waals surface area contributed by atoms with Crippen molar-refractivity contribution in [1.82, 2.24) is 9.78 Å². The Bertz CT molecular complexity index is 862. The van der Waals surface area contributed by atoms with Gasteiger partial charge in [-0.3, -0.25) is 0 Å². The summed E-state index contributed by atoms with van der Waals surface area (Å²) in [4.78, 5) is 0. The molecule has 0 aliphatic carbocycles. The fraction of sp³-hybridized carbons (Fsp3) is 0.286. The Balaban J connectivity index is 2.08. The van der Waals surface area contributed by atoms with Gasteiger partial charge in [0.2, 0.25) is 0 Å². The Morgan fingerprint density at radius 2 is 1.71 bits per heavy atom. The first kappa shape index (κ1) is 16.5. The molecule has 0 bridgehead atoms. The lowest BCUT2D eigenvalue weighted by atomic mass is 9.94. The van der Waals surface area contributed by atoms with Crippen LogP contribution in [0.4, 0.5) is 0 Å². The van der Waals surface area contributed by atoms with Gasteiger partial charge < -0.3 is 5.11 Å². The van der Waals surface area contributed by atoms with Crippen LogP contribution in [-0.4, -0.2) is 14.9 Å². The Labute approximate surface area is 143 Å². The molecule has 0 fully saturated rings. The molecular weight excluding hydrogens is 296 g/mol. The molecule has 0 aliphatic heterocycles. The summed E-state index contributed by atoms with van der Waals surface area (Å²) in [5.74, 6) is 0.405. The number of hydrogen-bond donors (Lipinski definition) is 1. The summed E-state index contributed by atoms with van der Waals surface area (Å²) in [5, 5.41) is 13.9. The first-order valence-corrected chi connectivity index (χ1v) is 8.37. The Morgan fingerprint density at radius 3 is 2.29 bits per heavy atom. The molecule has 0 amide bonds. The number of aliphatic hydroxyl groups is 1. The second kappa shape index (κ2) is 6.62. The molecule has 3 heteroatoms. The standard InChI is InChI=1S/C21H24N2O/c1-14(2)20-12-18(17-5-6-19(13-24)15(3)11-17)7-8-21(20)23-10-9-16(4)22-23/h5-12,14,24H,13H2,1-4H3. The number of rotatable bonds is 4. The summed E-state index contributed by atoms with van der Waals surface area (Å²) in [7, 11) is 0. The lowest BCUT2D eigenvalue weighted by Crippen LogP contribution is -2.02. The summed E-state index contributed by atoms with van der Waals surface area (Å²) in [6.07, 6.45) is 2.01. The molecule has 0 radical (unpaired) electrons. The average Bonchev–Trinajstić information content (AvgIpc) is 3.00. The molecule has 24 heavy (non-hydrogen) atoms. The Hall–Kier alpha value is -2.39. The monoisotopic (exact) mass is 320 g/mol. The minimum absolute atomic E-state index is 0.0843. The van der Waals surface area contributed by atoms with Crippen LogP contribution in [0.3, 0.4) is 0 Å². The molecule has 3 aromatic rings. The first-order valence-electron chi connectivity index (χ1n) is 8.37. The third-order valence-electron chi connectivity index (χ3n) is 4.47. The molecule has 0 saturated carbocycles. The zero-order valence-electron chi connectivity index (χ0n) is 14.7.